The van der Waals surface area contributed by atoms with Crippen molar-refractivity contribution in [2.45, 2.75) is 19.2 Å². The summed E-state index contributed by atoms with van der Waals surface area (Å²) in [5, 5.41) is 7.57. The van der Waals surface area contributed by atoms with Crippen molar-refractivity contribution >= 4 is 27.2 Å². The van der Waals surface area contributed by atoms with Gasteiger partial charge >= 0.3 is 0 Å². The summed E-state index contributed by atoms with van der Waals surface area (Å²) < 4.78 is 45.9. The van der Waals surface area contributed by atoms with Gasteiger partial charge < -0.3 is 9.88 Å². The lowest BCUT2D eigenvalue weighted by atomic mass is 9.98. The van der Waals surface area contributed by atoms with Crippen LogP contribution in [0.2, 0.25) is 0 Å². The molecule has 0 aliphatic carbocycles. The quantitative estimate of drug-likeness (QED) is 0.335. The van der Waals surface area contributed by atoms with Crippen molar-refractivity contribution in [1.29, 1.82) is 0 Å². The van der Waals surface area contributed by atoms with Gasteiger partial charge in [-0.15, -0.1) is 0 Å². The van der Waals surface area contributed by atoms with Crippen molar-refractivity contribution in [1.82, 2.24) is 29.3 Å². The van der Waals surface area contributed by atoms with E-state index in [2.05, 4.69) is 34.7 Å². The Morgan fingerprint density at radius 1 is 1.15 bits per heavy atom. The zero-order chi connectivity index (χ0) is 27.1. The molecule has 5 heterocycles. The largest absolute Gasteiger partial charge is 0.369 e. The number of hydrogen-bond donors (Lipinski definition) is 2. The summed E-state index contributed by atoms with van der Waals surface area (Å²) in [5.74, 6) is 0.367. The number of halogens is 1. The number of anilines is 2. The second kappa shape index (κ2) is 9.58. The minimum Gasteiger partial charge on any atom is -0.369 e. The summed E-state index contributed by atoms with van der Waals surface area (Å²) in [4.78, 5) is 17.5. The Balaban J connectivity index is 1.38. The van der Waals surface area contributed by atoms with Crippen molar-refractivity contribution in [3.05, 3.63) is 83.9 Å². The number of aryl methyl sites for hydroxylation is 2. The number of pyridine rings is 2. The molecular formula is C26H24FN9O2S. The predicted molar refractivity (Wildman–Crippen MR) is 144 cm³/mol. The molecule has 13 heteroatoms. The third-order valence-electron chi connectivity index (χ3n) is 6.37. The van der Waals surface area contributed by atoms with Crippen LogP contribution in [-0.2, 0) is 29.4 Å². The van der Waals surface area contributed by atoms with E-state index in [1.807, 2.05) is 26.1 Å². The first-order valence-electron chi connectivity index (χ1n) is 12.1. The lowest BCUT2D eigenvalue weighted by Crippen LogP contribution is -2.17. The van der Waals surface area contributed by atoms with Crippen LogP contribution in [0.3, 0.4) is 0 Å². The molecule has 1 aromatic carbocycles. The van der Waals surface area contributed by atoms with E-state index >= 15 is 0 Å². The molecule has 0 unspecified atom stereocenters. The van der Waals surface area contributed by atoms with E-state index < -0.39 is 21.6 Å². The van der Waals surface area contributed by atoms with Crippen LogP contribution in [0.5, 0.6) is 0 Å². The Labute approximate surface area is 223 Å². The van der Waals surface area contributed by atoms with E-state index in [9.17, 15) is 12.8 Å². The van der Waals surface area contributed by atoms with Crippen LogP contribution >= 0.6 is 0 Å². The van der Waals surface area contributed by atoms with Crippen LogP contribution in [0.1, 0.15) is 11.3 Å². The van der Waals surface area contributed by atoms with Crippen molar-refractivity contribution in [3.8, 4) is 22.5 Å². The van der Waals surface area contributed by atoms with Gasteiger partial charge in [0.15, 0.2) is 0 Å². The summed E-state index contributed by atoms with van der Waals surface area (Å²) in [6, 6.07) is 9.89. The third-order valence-corrected chi connectivity index (χ3v) is 7.57. The lowest BCUT2D eigenvalue weighted by molar-refractivity contribution is 0.586. The number of benzene rings is 1. The minimum absolute atomic E-state index is 0.139. The maximum atomic E-state index is 14.0. The van der Waals surface area contributed by atoms with E-state index in [-0.39, 0.29) is 5.69 Å². The first-order chi connectivity index (χ1) is 18.8. The van der Waals surface area contributed by atoms with Gasteiger partial charge in [0, 0.05) is 49.3 Å². The first-order valence-corrected chi connectivity index (χ1v) is 13.8. The maximum Gasteiger partial charge on any atom is 0.251 e. The molecule has 2 aromatic heterocycles. The lowest BCUT2D eigenvalue weighted by Gasteiger charge is -2.19. The number of hydrogen-bond acceptors (Lipinski definition) is 8. The molecule has 0 saturated heterocycles. The fraction of sp³-hybridized carbons (Fsp3) is 0.192. The highest BCUT2D eigenvalue weighted by Gasteiger charge is 2.24. The molecule has 0 spiro atoms. The fourth-order valence-electron chi connectivity index (χ4n) is 4.60. The second-order valence-electron chi connectivity index (χ2n) is 9.24. The zero-order valence-electron chi connectivity index (χ0n) is 21.1. The number of aromatic nitrogens is 6. The molecule has 0 amide bonds. The maximum absolute atomic E-state index is 14.0. The van der Waals surface area contributed by atoms with Gasteiger partial charge in [0.1, 0.15) is 28.9 Å². The molecule has 39 heavy (non-hydrogen) atoms. The van der Waals surface area contributed by atoms with E-state index in [0.29, 0.717) is 30.1 Å². The van der Waals surface area contributed by atoms with Gasteiger partial charge in [-0.1, -0.05) is 6.07 Å². The van der Waals surface area contributed by atoms with E-state index in [0.717, 1.165) is 33.9 Å². The van der Waals surface area contributed by atoms with E-state index in [4.69, 9.17) is 4.98 Å². The summed E-state index contributed by atoms with van der Waals surface area (Å²) in [6.07, 6.45) is 6.53. The number of nitrogens with one attached hydrogen (secondary N) is 2. The third kappa shape index (κ3) is 4.95. The normalized spacial score (nSPS) is 13.5. The molecular weight excluding hydrogens is 521 g/mol. The Morgan fingerprint density at radius 3 is 2.82 bits per heavy atom. The van der Waals surface area contributed by atoms with Crippen molar-refractivity contribution in [3.63, 3.8) is 0 Å². The van der Waals surface area contributed by atoms with Crippen LogP contribution in [-0.4, -0.2) is 44.3 Å². The summed E-state index contributed by atoms with van der Waals surface area (Å²) in [5.41, 5.74) is 4.71. The average Bonchev–Trinajstić information content (AvgIpc) is 3.55. The Bertz CT molecular complexity index is 1860. The Hall–Kier alpha value is -4.65. The standard InChI is InChI=1S/C26H24FN9O2S/c1-16-5-6-18(34-39(37,38)15-23-22(27)4-3-7-28-23)11-20(16)21-10-17-12-30-26(32-19-13-31-35(2)14-19)33-24(17)36-9-8-29-25(21)36/h3-7,10-14,29,34H,8-9,15H2,1-2H3. The number of rotatable bonds is 6. The molecule has 0 fully saturated rings. The second-order valence-corrected chi connectivity index (χ2v) is 11.0. The van der Waals surface area contributed by atoms with Crippen molar-refractivity contribution < 1.29 is 12.8 Å². The van der Waals surface area contributed by atoms with Crippen LogP contribution in [0.15, 0.2) is 66.2 Å². The SMILES string of the molecule is Cc1ccc(NS(=O)(=O)Cc2ncccc2F)cc1-c1cc2cnc(=Nc3cnn(C)c3)nc-2n2c1NCC2. The monoisotopic (exact) mass is 545 g/mol. The van der Waals surface area contributed by atoms with Gasteiger partial charge in [0.05, 0.1) is 18.1 Å². The highest BCUT2D eigenvalue weighted by molar-refractivity contribution is 7.91. The summed E-state index contributed by atoms with van der Waals surface area (Å²) >= 11 is 0. The predicted octanol–water partition coefficient (Wildman–Crippen LogP) is 3.23. The van der Waals surface area contributed by atoms with Crippen LogP contribution in [0, 0.1) is 12.7 Å². The van der Waals surface area contributed by atoms with Gasteiger partial charge in [0.25, 0.3) is 5.62 Å². The molecule has 0 radical (unpaired) electrons. The molecule has 3 aliphatic rings. The number of nitrogens with zero attached hydrogens (tertiary/aromatic N) is 7. The molecule has 6 rings (SSSR count). The molecule has 11 nitrogen and oxygen atoms in total. The van der Waals surface area contributed by atoms with Gasteiger partial charge in [-0.05, 0) is 48.4 Å². The minimum atomic E-state index is -3.91. The molecule has 0 atom stereocenters. The summed E-state index contributed by atoms with van der Waals surface area (Å²) in [6.45, 7) is 3.37. The van der Waals surface area contributed by atoms with E-state index in [1.165, 1.54) is 18.3 Å². The van der Waals surface area contributed by atoms with Crippen LogP contribution in [0.25, 0.3) is 22.5 Å². The molecule has 3 aromatic rings. The first kappa shape index (κ1) is 24.7. The topological polar surface area (TPSA) is 132 Å². The molecule has 0 saturated carbocycles. The van der Waals surface area contributed by atoms with Gasteiger partial charge in [0.2, 0.25) is 10.0 Å². The number of fused-ring (bicyclic) bond motifs is 3. The van der Waals surface area contributed by atoms with Crippen molar-refractivity contribution in [2.75, 3.05) is 16.6 Å². The smallest absolute Gasteiger partial charge is 0.251 e. The van der Waals surface area contributed by atoms with E-state index in [1.54, 1.807) is 35.4 Å². The highest BCUT2D eigenvalue weighted by atomic mass is 32.2. The fourth-order valence-corrected chi connectivity index (χ4v) is 5.73. The van der Waals surface area contributed by atoms with Crippen molar-refractivity contribution in [2.24, 2.45) is 12.0 Å². The molecule has 198 valence electrons. The molecule has 3 aliphatic heterocycles. The van der Waals surface area contributed by atoms with Crippen LogP contribution in [0.4, 0.5) is 21.6 Å². The highest BCUT2D eigenvalue weighted by Crippen LogP contribution is 2.39. The van der Waals surface area contributed by atoms with Gasteiger partial charge in [-0.25, -0.2) is 22.8 Å². The molecule has 0 bridgehead atoms. The zero-order valence-corrected chi connectivity index (χ0v) is 21.9. The summed E-state index contributed by atoms with van der Waals surface area (Å²) in [7, 11) is -2.09. The Morgan fingerprint density at radius 2 is 2.03 bits per heavy atom. The molecule has 2 N–H and O–H groups in total. The van der Waals surface area contributed by atoms with Gasteiger partial charge in [-0.2, -0.15) is 10.1 Å². The van der Waals surface area contributed by atoms with Crippen LogP contribution < -0.4 is 15.7 Å². The van der Waals surface area contributed by atoms with Gasteiger partial charge in [-0.3, -0.25) is 14.4 Å². The Kier molecular flexibility index (Phi) is 6.06. The average molecular weight is 546 g/mol. The number of sulfonamides is 1.